The van der Waals surface area contributed by atoms with E-state index in [1.165, 1.54) is 0 Å². The third kappa shape index (κ3) is 1.79. The molecule has 0 aliphatic carbocycles. The van der Waals surface area contributed by atoms with Crippen LogP contribution in [0.4, 0.5) is 0 Å². The second-order valence-electron chi connectivity index (χ2n) is 3.92. The van der Waals surface area contributed by atoms with Crippen molar-refractivity contribution in [3.63, 3.8) is 0 Å². The van der Waals surface area contributed by atoms with E-state index in [1.54, 1.807) is 12.1 Å². The van der Waals surface area contributed by atoms with Crippen LogP contribution in [0.25, 0.3) is 22.3 Å². The van der Waals surface area contributed by atoms with Crippen molar-refractivity contribution < 1.29 is 0 Å². The van der Waals surface area contributed by atoms with Crippen LogP contribution in [0.2, 0.25) is 5.02 Å². The monoisotopic (exact) mass is 256 g/mol. The lowest BCUT2D eigenvalue weighted by Gasteiger charge is -2.04. The van der Waals surface area contributed by atoms with Crippen LogP contribution in [0, 0.1) is 0 Å². The van der Waals surface area contributed by atoms with Crippen molar-refractivity contribution in [2.24, 2.45) is 0 Å². The second-order valence-corrected chi connectivity index (χ2v) is 4.32. The van der Waals surface area contributed by atoms with Gasteiger partial charge in [-0.25, -0.2) is 0 Å². The van der Waals surface area contributed by atoms with Crippen molar-refractivity contribution in [3.8, 4) is 11.4 Å². The van der Waals surface area contributed by atoms with Gasteiger partial charge in [0.15, 0.2) is 0 Å². The van der Waals surface area contributed by atoms with E-state index in [0.717, 1.165) is 11.1 Å². The zero-order valence-electron chi connectivity index (χ0n) is 9.35. The Labute approximate surface area is 108 Å². The second kappa shape index (κ2) is 4.27. The molecule has 88 valence electrons. The Balaban J connectivity index is 2.32. The number of aromatic amines is 1. The van der Waals surface area contributed by atoms with E-state index >= 15 is 0 Å². The fourth-order valence-electron chi connectivity index (χ4n) is 1.88. The summed E-state index contributed by atoms with van der Waals surface area (Å²) in [6.45, 7) is 0. The number of fused-ring (bicyclic) bond motifs is 1. The molecule has 0 saturated carbocycles. The average Bonchev–Trinajstić information content (AvgIpc) is 2.39. The van der Waals surface area contributed by atoms with Crippen LogP contribution < -0.4 is 5.56 Å². The van der Waals surface area contributed by atoms with Gasteiger partial charge in [-0.15, -0.1) is 0 Å². The van der Waals surface area contributed by atoms with Gasteiger partial charge in [-0.3, -0.25) is 4.79 Å². The lowest BCUT2D eigenvalue weighted by Crippen LogP contribution is -2.09. The SMILES string of the molecule is O=c1nc(-c2ccccc2Cl)[nH]c2ccccc12. The Kier molecular flexibility index (Phi) is 2.61. The molecule has 0 fully saturated rings. The van der Waals surface area contributed by atoms with Gasteiger partial charge >= 0.3 is 0 Å². The molecule has 3 aromatic rings. The van der Waals surface area contributed by atoms with Crippen LogP contribution >= 0.6 is 11.6 Å². The molecule has 1 aromatic heterocycles. The van der Waals surface area contributed by atoms with Crippen molar-refractivity contribution >= 4 is 22.5 Å². The number of H-pyrrole nitrogens is 1. The molecular formula is C14H9ClN2O. The fourth-order valence-corrected chi connectivity index (χ4v) is 2.10. The van der Waals surface area contributed by atoms with Crippen LogP contribution in [-0.2, 0) is 0 Å². The summed E-state index contributed by atoms with van der Waals surface area (Å²) in [4.78, 5) is 19.1. The molecule has 0 atom stereocenters. The summed E-state index contributed by atoms with van der Waals surface area (Å²) in [5, 5.41) is 1.14. The van der Waals surface area contributed by atoms with E-state index in [1.807, 2.05) is 36.4 Å². The smallest absolute Gasteiger partial charge is 0.281 e. The minimum Gasteiger partial charge on any atom is -0.339 e. The summed E-state index contributed by atoms with van der Waals surface area (Å²) in [5.41, 5.74) is 1.23. The van der Waals surface area contributed by atoms with E-state index in [2.05, 4.69) is 9.97 Å². The molecule has 3 nitrogen and oxygen atoms in total. The first-order valence-corrected chi connectivity index (χ1v) is 5.87. The molecule has 18 heavy (non-hydrogen) atoms. The quantitative estimate of drug-likeness (QED) is 0.726. The molecular weight excluding hydrogens is 248 g/mol. The summed E-state index contributed by atoms with van der Waals surface area (Å²) in [7, 11) is 0. The lowest BCUT2D eigenvalue weighted by molar-refractivity contribution is 1.18. The largest absolute Gasteiger partial charge is 0.339 e. The van der Waals surface area contributed by atoms with Gasteiger partial charge < -0.3 is 4.98 Å². The first-order valence-electron chi connectivity index (χ1n) is 5.50. The van der Waals surface area contributed by atoms with Gasteiger partial charge in [-0.2, -0.15) is 4.98 Å². The van der Waals surface area contributed by atoms with Crippen molar-refractivity contribution in [1.82, 2.24) is 9.97 Å². The zero-order valence-corrected chi connectivity index (χ0v) is 10.1. The lowest BCUT2D eigenvalue weighted by atomic mass is 10.2. The van der Waals surface area contributed by atoms with Crippen molar-refractivity contribution in [1.29, 1.82) is 0 Å². The topological polar surface area (TPSA) is 45.8 Å². The summed E-state index contributed by atoms with van der Waals surface area (Å²) >= 11 is 6.10. The van der Waals surface area contributed by atoms with Gasteiger partial charge in [0.2, 0.25) is 0 Å². The molecule has 4 heteroatoms. The highest BCUT2D eigenvalue weighted by atomic mass is 35.5. The van der Waals surface area contributed by atoms with Crippen LogP contribution in [0.15, 0.2) is 53.3 Å². The third-order valence-corrected chi connectivity index (χ3v) is 3.08. The van der Waals surface area contributed by atoms with Gasteiger partial charge in [0, 0.05) is 5.56 Å². The molecule has 0 spiro atoms. The van der Waals surface area contributed by atoms with E-state index in [-0.39, 0.29) is 5.56 Å². The van der Waals surface area contributed by atoms with Gasteiger partial charge in [0.05, 0.1) is 15.9 Å². The van der Waals surface area contributed by atoms with Gasteiger partial charge in [-0.1, -0.05) is 35.9 Å². The standard InChI is InChI=1S/C14H9ClN2O/c15-11-7-3-1-5-9(11)13-16-12-8-4-2-6-10(12)14(18)17-13/h1-8H,(H,16,17,18). The Morgan fingerprint density at radius 2 is 1.72 bits per heavy atom. The van der Waals surface area contributed by atoms with Gasteiger partial charge in [0.25, 0.3) is 5.56 Å². The maximum Gasteiger partial charge on any atom is 0.281 e. The predicted octanol–water partition coefficient (Wildman–Crippen LogP) is 3.24. The number of hydrogen-bond donors (Lipinski definition) is 1. The molecule has 2 aromatic carbocycles. The molecule has 1 N–H and O–H groups in total. The number of rotatable bonds is 1. The minimum absolute atomic E-state index is 0.251. The molecule has 0 aliphatic heterocycles. The molecule has 0 aliphatic rings. The van der Waals surface area contributed by atoms with Crippen molar-refractivity contribution in [2.75, 3.05) is 0 Å². The van der Waals surface area contributed by atoms with Crippen LogP contribution in [-0.4, -0.2) is 9.97 Å². The minimum atomic E-state index is -0.251. The zero-order chi connectivity index (χ0) is 12.5. The first-order chi connectivity index (χ1) is 8.75. The molecule has 0 bridgehead atoms. The van der Waals surface area contributed by atoms with E-state index in [0.29, 0.717) is 16.2 Å². The molecule has 0 radical (unpaired) electrons. The van der Waals surface area contributed by atoms with E-state index < -0.39 is 0 Å². The number of aromatic nitrogens is 2. The van der Waals surface area contributed by atoms with Gasteiger partial charge in [-0.05, 0) is 24.3 Å². The van der Waals surface area contributed by atoms with Crippen LogP contribution in [0.5, 0.6) is 0 Å². The maximum atomic E-state index is 11.9. The highest BCUT2D eigenvalue weighted by Gasteiger charge is 2.07. The number of nitrogens with one attached hydrogen (secondary N) is 1. The summed E-state index contributed by atoms with van der Waals surface area (Å²) < 4.78 is 0. The fraction of sp³-hybridized carbons (Fsp3) is 0. The number of halogens is 1. The van der Waals surface area contributed by atoms with E-state index in [9.17, 15) is 4.79 Å². The van der Waals surface area contributed by atoms with E-state index in [4.69, 9.17) is 11.6 Å². The van der Waals surface area contributed by atoms with Crippen molar-refractivity contribution in [2.45, 2.75) is 0 Å². The van der Waals surface area contributed by atoms with Gasteiger partial charge in [0.1, 0.15) is 5.82 Å². The summed E-state index contributed by atoms with van der Waals surface area (Å²) in [6.07, 6.45) is 0. The summed E-state index contributed by atoms with van der Waals surface area (Å²) in [5.74, 6) is 0.490. The van der Waals surface area contributed by atoms with Crippen LogP contribution in [0.3, 0.4) is 0 Å². The first kappa shape index (κ1) is 11.0. The highest BCUT2D eigenvalue weighted by molar-refractivity contribution is 6.33. The van der Waals surface area contributed by atoms with Crippen molar-refractivity contribution in [3.05, 3.63) is 63.9 Å². The molecule has 0 amide bonds. The Bertz CT molecular complexity index is 780. The number of benzene rings is 2. The number of hydrogen-bond acceptors (Lipinski definition) is 2. The molecule has 3 rings (SSSR count). The molecule has 0 saturated heterocycles. The number of nitrogens with zero attached hydrogens (tertiary/aromatic N) is 1. The Morgan fingerprint density at radius 1 is 1.00 bits per heavy atom. The Morgan fingerprint density at radius 3 is 2.56 bits per heavy atom. The van der Waals surface area contributed by atoms with Crippen LogP contribution in [0.1, 0.15) is 0 Å². The summed E-state index contributed by atoms with van der Waals surface area (Å²) in [6, 6.07) is 14.6. The average molecular weight is 257 g/mol. The molecule has 1 heterocycles. The third-order valence-electron chi connectivity index (χ3n) is 2.75. The normalized spacial score (nSPS) is 10.7. The Hall–Kier alpha value is -2.13. The number of para-hydroxylation sites is 1. The molecule has 0 unspecified atom stereocenters. The predicted molar refractivity (Wildman–Crippen MR) is 72.8 cm³/mol. The highest BCUT2D eigenvalue weighted by Crippen LogP contribution is 2.24. The maximum absolute atomic E-state index is 11.9.